The van der Waals surface area contributed by atoms with Gasteiger partial charge in [-0.1, -0.05) is 30.3 Å². The second-order valence-electron chi connectivity index (χ2n) is 7.62. The van der Waals surface area contributed by atoms with Gasteiger partial charge in [-0.15, -0.1) is 11.3 Å². The van der Waals surface area contributed by atoms with E-state index in [2.05, 4.69) is 22.5 Å². The summed E-state index contributed by atoms with van der Waals surface area (Å²) in [7, 11) is 0. The van der Waals surface area contributed by atoms with E-state index in [9.17, 15) is 9.59 Å². The third-order valence-corrected chi connectivity index (χ3v) is 6.99. The molecule has 7 heteroatoms. The number of hydrogen-bond donors (Lipinski definition) is 1. The zero-order valence-corrected chi connectivity index (χ0v) is 16.5. The molecule has 2 amide bonds. The molecule has 6 nitrogen and oxygen atoms in total. The number of piperidine rings is 1. The van der Waals surface area contributed by atoms with Gasteiger partial charge in [0.05, 0.1) is 29.1 Å². The van der Waals surface area contributed by atoms with Gasteiger partial charge in [-0.2, -0.15) is 5.10 Å². The third-order valence-electron chi connectivity index (χ3n) is 5.86. The molecule has 2 aliphatic rings. The van der Waals surface area contributed by atoms with E-state index in [0.29, 0.717) is 13.1 Å². The number of benzene rings is 1. The van der Waals surface area contributed by atoms with Crippen LogP contribution in [0.3, 0.4) is 0 Å². The van der Waals surface area contributed by atoms with Crippen LogP contribution in [0.15, 0.2) is 36.4 Å². The minimum absolute atomic E-state index is 0.0131. The zero-order valence-electron chi connectivity index (χ0n) is 15.7. The van der Waals surface area contributed by atoms with E-state index in [1.54, 1.807) is 0 Å². The van der Waals surface area contributed by atoms with Crippen LogP contribution in [-0.4, -0.2) is 45.6 Å². The molecular formula is C21H22N4O2S. The molecular weight excluding hydrogens is 372 g/mol. The summed E-state index contributed by atoms with van der Waals surface area (Å²) in [5, 5.41) is 8.63. The van der Waals surface area contributed by atoms with Crippen LogP contribution in [0, 0.1) is 12.8 Å². The van der Waals surface area contributed by atoms with Crippen LogP contribution < -0.4 is 5.32 Å². The Kier molecular flexibility index (Phi) is 4.19. The maximum absolute atomic E-state index is 13.3. The first-order valence-electron chi connectivity index (χ1n) is 9.71. The average molecular weight is 395 g/mol. The first kappa shape index (κ1) is 17.4. The van der Waals surface area contributed by atoms with Gasteiger partial charge in [0.15, 0.2) is 0 Å². The molecule has 28 heavy (non-hydrogen) atoms. The number of likely N-dealkylation sites (tertiary alicyclic amines) is 1. The molecule has 0 aliphatic carbocycles. The monoisotopic (exact) mass is 394 g/mol. The summed E-state index contributed by atoms with van der Waals surface area (Å²) < 4.78 is 1.99. The lowest BCUT2D eigenvalue weighted by atomic mass is 9.91. The Bertz CT molecular complexity index is 1060. The van der Waals surface area contributed by atoms with Gasteiger partial charge in [-0.25, -0.2) is 0 Å². The summed E-state index contributed by atoms with van der Waals surface area (Å²) in [6, 6.07) is 12.2. The van der Waals surface area contributed by atoms with Crippen LogP contribution >= 0.6 is 11.3 Å². The van der Waals surface area contributed by atoms with Crippen LogP contribution in [0.2, 0.25) is 0 Å². The number of nitrogens with one attached hydrogen (secondary N) is 1. The van der Waals surface area contributed by atoms with Crippen molar-refractivity contribution in [2.45, 2.75) is 32.4 Å². The lowest BCUT2D eigenvalue weighted by molar-refractivity contribution is -0.123. The van der Waals surface area contributed by atoms with Gasteiger partial charge in [0.1, 0.15) is 4.83 Å². The maximum Gasteiger partial charge on any atom is 0.264 e. The van der Waals surface area contributed by atoms with Gasteiger partial charge < -0.3 is 10.2 Å². The Morgan fingerprint density at radius 1 is 1.32 bits per heavy atom. The number of thiophene rings is 1. The minimum Gasteiger partial charge on any atom is -0.354 e. The van der Waals surface area contributed by atoms with E-state index in [1.807, 2.05) is 40.8 Å². The minimum atomic E-state index is -0.0533. The molecule has 1 aromatic carbocycles. The molecule has 3 aromatic rings. The summed E-state index contributed by atoms with van der Waals surface area (Å²) >= 11 is 1.50. The molecule has 2 fully saturated rings. The van der Waals surface area contributed by atoms with Crippen LogP contribution in [0.25, 0.3) is 10.2 Å². The predicted molar refractivity (Wildman–Crippen MR) is 108 cm³/mol. The molecule has 1 N–H and O–H groups in total. The van der Waals surface area contributed by atoms with Crippen molar-refractivity contribution in [1.82, 2.24) is 20.0 Å². The smallest absolute Gasteiger partial charge is 0.264 e. The molecule has 0 unspecified atom stereocenters. The van der Waals surface area contributed by atoms with Crippen LogP contribution in [0.5, 0.6) is 0 Å². The lowest BCUT2D eigenvalue weighted by Crippen LogP contribution is -2.48. The number of aromatic nitrogens is 2. The highest BCUT2D eigenvalue weighted by molar-refractivity contribution is 7.20. The van der Waals surface area contributed by atoms with Gasteiger partial charge in [0.25, 0.3) is 5.91 Å². The van der Waals surface area contributed by atoms with Crippen molar-refractivity contribution >= 4 is 33.4 Å². The number of carbonyl (C=O) groups is 2. The van der Waals surface area contributed by atoms with Crippen molar-refractivity contribution in [3.63, 3.8) is 0 Å². The molecule has 2 atom stereocenters. The van der Waals surface area contributed by atoms with Gasteiger partial charge in [-0.3, -0.25) is 14.3 Å². The number of carbonyl (C=O) groups excluding carboxylic acids is 2. The molecule has 2 aromatic heterocycles. The Morgan fingerprint density at radius 3 is 2.96 bits per heavy atom. The van der Waals surface area contributed by atoms with Crippen molar-refractivity contribution in [2.75, 3.05) is 13.1 Å². The van der Waals surface area contributed by atoms with E-state index in [0.717, 1.165) is 40.2 Å². The molecule has 5 rings (SSSR count). The van der Waals surface area contributed by atoms with Crippen molar-refractivity contribution in [2.24, 2.45) is 5.92 Å². The van der Waals surface area contributed by atoms with Crippen LogP contribution in [0.1, 0.15) is 33.8 Å². The lowest BCUT2D eigenvalue weighted by Gasteiger charge is -2.35. The first-order chi connectivity index (χ1) is 13.6. The molecule has 2 saturated heterocycles. The average Bonchev–Trinajstić information content (AvgIpc) is 3.39. The number of nitrogens with zero attached hydrogens (tertiary/aromatic N) is 3. The van der Waals surface area contributed by atoms with E-state index in [1.165, 1.54) is 16.9 Å². The third kappa shape index (κ3) is 2.81. The van der Waals surface area contributed by atoms with Crippen LogP contribution in [0.4, 0.5) is 0 Å². The first-order valence-corrected chi connectivity index (χ1v) is 10.5. The summed E-state index contributed by atoms with van der Waals surface area (Å²) in [5.41, 5.74) is 2.12. The van der Waals surface area contributed by atoms with Gasteiger partial charge in [0, 0.05) is 18.5 Å². The fraction of sp³-hybridized carbons (Fsp3) is 0.381. The number of aryl methyl sites for hydroxylation is 1. The fourth-order valence-electron chi connectivity index (χ4n) is 4.43. The molecule has 0 bridgehead atoms. The van der Waals surface area contributed by atoms with E-state index in [-0.39, 0.29) is 23.8 Å². The fourth-order valence-corrected chi connectivity index (χ4v) is 5.54. The number of fused-ring (bicyclic) bond motifs is 2. The topological polar surface area (TPSA) is 67.2 Å². The second kappa shape index (κ2) is 6.74. The summed E-state index contributed by atoms with van der Waals surface area (Å²) in [5.74, 6) is 0.0774. The standard InChI is InChI=1S/C21H22N4O2S/c1-13-16-10-18(20(27)24-9-5-8-15-17(24)11-22-19(15)26)28-21(16)25(23-13)12-14-6-3-2-4-7-14/h2-4,6-7,10,15,17H,5,8-9,11-12H2,1H3,(H,22,26)/t15-,17+/m1/s1. The highest BCUT2D eigenvalue weighted by Crippen LogP contribution is 2.33. The van der Waals surface area contributed by atoms with Gasteiger partial charge in [0.2, 0.25) is 5.91 Å². The van der Waals surface area contributed by atoms with E-state index < -0.39 is 0 Å². The van der Waals surface area contributed by atoms with Gasteiger partial charge in [-0.05, 0) is 31.4 Å². The molecule has 0 saturated carbocycles. The highest BCUT2D eigenvalue weighted by atomic mass is 32.1. The zero-order chi connectivity index (χ0) is 19.3. The van der Waals surface area contributed by atoms with E-state index in [4.69, 9.17) is 0 Å². The number of amides is 2. The number of hydrogen-bond acceptors (Lipinski definition) is 4. The van der Waals surface area contributed by atoms with Crippen molar-refractivity contribution in [1.29, 1.82) is 0 Å². The second-order valence-corrected chi connectivity index (χ2v) is 8.65. The predicted octanol–water partition coefficient (Wildman–Crippen LogP) is 2.81. The van der Waals surface area contributed by atoms with Gasteiger partial charge >= 0.3 is 0 Å². The summed E-state index contributed by atoms with van der Waals surface area (Å²) in [6.45, 7) is 3.97. The normalized spacial score (nSPS) is 21.8. The molecule has 0 spiro atoms. The number of rotatable bonds is 3. The Labute approximate surface area is 167 Å². The molecule has 0 radical (unpaired) electrons. The van der Waals surface area contributed by atoms with E-state index >= 15 is 0 Å². The molecule has 144 valence electrons. The van der Waals surface area contributed by atoms with Crippen LogP contribution in [-0.2, 0) is 11.3 Å². The Balaban J connectivity index is 1.46. The van der Waals surface area contributed by atoms with Crippen molar-refractivity contribution in [3.05, 3.63) is 52.5 Å². The van der Waals surface area contributed by atoms with Crippen molar-refractivity contribution in [3.8, 4) is 0 Å². The molecule has 2 aliphatic heterocycles. The maximum atomic E-state index is 13.3. The largest absolute Gasteiger partial charge is 0.354 e. The SMILES string of the molecule is Cc1nn(Cc2ccccc2)c2sc(C(=O)N3CCC[C@H]4C(=O)NC[C@@H]43)cc12. The summed E-state index contributed by atoms with van der Waals surface area (Å²) in [6.07, 6.45) is 1.75. The summed E-state index contributed by atoms with van der Waals surface area (Å²) in [4.78, 5) is 28.9. The highest BCUT2D eigenvalue weighted by Gasteiger charge is 2.43. The Morgan fingerprint density at radius 2 is 2.14 bits per heavy atom. The van der Waals surface area contributed by atoms with Crippen molar-refractivity contribution < 1.29 is 9.59 Å². The molecule has 4 heterocycles. The Hall–Kier alpha value is -2.67. The quantitative estimate of drug-likeness (QED) is 0.743.